The van der Waals surface area contributed by atoms with Gasteiger partial charge in [-0.05, 0) is 56.9 Å². The molecule has 158 valence electrons. The van der Waals surface area contributed by atoms with Crippen LogP contribution in [0.15, 0.2) is 35.1 Å². The maximum atomic E-state index is 13.0. The molecule has 2 N–H and O–H groups in total. The van der Waals surface area contributed by atoms with Gasteiger partial charge >= 0.3 is 0 Å². The minimum atomic E-state index is -0.316. The van der Waals surface area contributed by atoms with E-state index >= 15 is 0 Å². The molecular weight excluding hydrogens is 380 g/mol. The van der Waals surface area contributed by atoms with Gasteiger partial charge in [0, 0.05) is 25.3 Å². The van der Waals surface area contributed by atoms with E-state index in [1.165, 1.54) is 0 Å². The number of aromatic amines is 1. The summed E-state index contributed by atoms with van der Waals surface area (Å²) in [5, 5.41) is 2.90. The fraction of sp³-hybridized carbons (Fsp3) is 0.435. The highest BCUT2D eigenvalue weighted by atomic mass is 16.5. The second-order valence-electron chi connectivity index (χ2n) is 7.95. The van der Waals surface area contributed by atoms with Crippen molar-refractivity contribution in [3.63, 3.8) is 0 Å². The van der Waals surface area contributed by atoms with Crippen molar-refractivity contribution in [2.45, 2.75) is 52.2 Å². The van der Waals surface area contributed by atoms with Crippen LogP contribution in [0.2, 0.25) is 0 Å². The third kappa shape index (κ3) is 4.31. The zero-order valence-electron chi connectivity index (χ0n) is 17.5. The molecule has 2 aromatic heterocycles. The molecule has 3 heterocycles. The summed E-state index contributed by atoms with van der Waals surface area (Å²) in [4.78, 5) is 33.6. The summed E-state index contributed by atoms with van der Waals surface area (Å²) in [5.74, 6) is 0.582. The molecule has 0 spiro atoms. The van der Waals surface area contributed by atoms with Crippen LogP contribution in [0.25, 0.3) is 11.0 Å². The molecule has 30 heavy (non-hydrogen) atoms. The zero-order valence-corrected chi connectivity index (χ0v) is 17.5. The Labute approximate surface area is 175 Å². The predicted octanol–water partition coefficient (Wildman–Crippen LogP) is 2.88. The number of carbonyl (C=O) groups is 1. The molecular formula is C23H28N4O3. The van der Waals surface area contributed by atoms with Crippen molar-refractivity contribution in [3.05, 3.63) is 63.3 Å². The largest absolute Gasteiger partial charge is 0.376 e. The summed E-state index contributed by atoms with van der Waals surface area (Å²) >= 11 is 0. The first-order valence-electron chi connectivity index (χ1n) is 10.6. The molecule has 1 aliphatic heterocycles. The summed E-state index contributed by atoms with van der Waals surface area (Å²) in [6.45, 7) is 5.43. The summed E-state index contributed by atoms with van der Waals surface area (Å²) in [6.07, 6.45) is 3.47. The third-order valence-electron chi connectivity index (χ3n) is 5.66. The van der Waals surface area contributed by atoms with Gasteiger partial charge in [-0.3, -0.25) is 9.59 Å². The van der Waals surface area contributed by atoms with E-state index in [2.05, 4.69) is 15.3 Å². The first-order chi connectivity index (χ1) is 14.5. The molecule has 1 atom stereocenters. The highest BCUT2D eigenvalue weighted by molar-refractivity contribution is 5.95. The topological polar surface area (TPSA) is 89.0 Å². The van der Waals surface area contributed by atoms with Gasteiger partial charge in [-0.25, -0.2) is 4.98 Å². The minimum absolute atomic E-state index is 0.0452. The average Bonchev–Trinajstić information content (AvgIpc) is 3.37. The zero-order chi connectivity index (χ0) is 21.1. The Morgan fingerprint density at radius 3 is 2.93 bits per heavy atom. The number of ether oxygens (including phenoxy) is 1. The van der Waals surface area contributed by atoms with Crippen LogP contribution in [-0.4, -0.2) is 39.7 Å². The van der Waals surface area contributed by atoms with Crippen molar-refractivity contribution in [1.82, 2.24) is 19.9 Å². The number of fused-ring (bicyclic) bond motifs is 1. The van der Waals surface area contributed by atoms with Gasteiger partial charge in [0.25, 0.3) is 11.5 Å². The van der Waals surface area contributed by atoms with Crippen LogP contribution in [-0.2, 0) is 17.7 Å². The number of para-hydroxylation sites is 2. The Kier molecular flexibility index (Phi) is 5.99. The number of aromatic nitrogens is 3. The van der Waals surface area contributed by atoms with Crippen LogP contribution >= 0.6 is 0 Å². The third-order valence-corrected chi connectivity index (χ3v) is 5.66. The van der Waals surface area contributed by atoms with Crippen LogP contribution in [0.5, 0.6) is 0 Å². The smallest absolute Gasteiger partial charge is 0.263 e. The van der Waals surface area contributed by atoms with Crippen LogP contribution in [0, 0.1) is 13.8 Å². The number of hydrogen-bond acceptors (Lipinski definition) is 4. The van der Waals surface area contributed by atoms with Gasteiger partial charge in [0.1, 0.15) is 11.4 Å². The first kappa shape index (κ1) is 20.3. The van der Waals surface area contributed by atoms with Crippen molar-refractivity contribution < 1.29 is 9.53 Å². The molecule has 0 radical (unpaired) electrons. The van der Waals surface area contributed by atoms with Gasteiger partial charge in [-0.1, -0.05) is 12.1 Å². The van der Waals surface area contributed by atoms with Gasteiger partial charge in [0.05, 0.1) is 23.7 Å². The van der Waals surface area contributed by atoms with Gasteiger partial charge in [0.2, 0.25) is 0 Å². The Hall–Kier alpha value is -2.93. The fourth-order valence-corrected chi connectivity index (χ4v) is 4.09. The van der Waals surface area contributed by atoms with Gasteiger partial charge < -0.3 is 19.6 Å². The number of rotatable bonds is 7. The number of amides is 1. The lowest BCUT2D eigenvalue weighted by molar-refractivity contribution is 0.0927. The normalized spacial score (nSPS) is 16.3. The highest BCUT2D eigenvalue weighted by Gasteiger charge is 2.21. The molecule has 7 heteroatoms. The van der Waals surface area contributed by atoms with Gasteiger partial charge in [-0.15, -0.1) is 0 Å². The minimum Gasteiger partial charge on any atom is -0.376 e. The summed E-state index contributed by atoms with van der Waals surface area (Å²) in [7, 11) is 0. The van der Waals surface area contributed by atoms with Crippen LogP contribution in [0.1, 0.15) is 46.7 Å². The molecule has 1 aliphatic rings. The molecule has 1 fully saturated rings. The van der Waals surface area contributed by atoms with Crippen molar-refractivity contribution in [2.24, 2.45) is 0 Å². The molecule has 3 aromatic rings. The fourth-order valence-electron chi connectivity index (χ4n) is 4.09. The second-order valence-corrected chi connectivity index (χ2v) is 7.95. The SMILES string of the molecule is Cc1cc(C)n(C[C@@H]2CCCO2)c(=O)c1C(=O)NCCCc1nc2ccccc2[nH]1. The van der Waals surface area contributed by atoms with E-state index in [4.69, 9.17) is 4.74 Å². The molecule has 0 unspecified atom stereocenters. The Morgan fingerprint density at radius 1 is 1.33 bits per heavy atom. The number of H-pyrrole nitrogens is 1. The average molecular weight is 409 g/mol. The number of pyridine rings is 1. The molecule has 0 aliphatic carbocycles. The van der Waals surface area contributed by atoms with E-state index in [1.807, 2.05) is 44.2 Å². The van der Waals surface area contributed by atoms with E-state index in [9.17, 15) is 9.59 Å². The number of imidazole rings is 1. The molecule has 0 saturated carbocycles. The van der Waals surface area contributed by atoms with E-state index in [0.717, 1.165) is 54.8 Å². The van der Waals surface area contributed by atoms with Crippen LogP contribution in [0.3, 0.4) is 0 Å². The molecule has 0 bridgehead atoms. The number of nitrogens with one attached hydrogen (secondary N) is 2. The lowest BCUT2D eigenvalue weighted by Crippen LogP contribution is -2.37. The molecule has 7 nitrogen and oxygen atoms in total. The Bertz CT molecular complexity index is 1080. The first-order valence-corrected chi connectivity index (χ1v) is 10.6. The van der Waals surface area contributed by atoms with Crippen molar-refractivity contribution >= 4 is 16.9 Å². The lowest BCUT2D eigenvalue weighted by atomic mass is 10.1. The highest BCUT2D eigenvalue weighted by Crippen LogP contribution is 2.15. The summed E-state index contributed by atoms with van der Waals surface area (Å²) in [5.41, 5.74) is 3.50. The molecule has 1 saturated heterocycles. The molecule has 1 amide bonds. The van der Waals surface area contributed by atoms with E-state index in [-0.39, 0.29) is 23.1 Å². The number of nitrogens with zero attached hydrogens (tertiary/aromatic N) is 2. The van der Waals surface area contributed by atoms with Crippen LogP contribution < -0.4 is 10.9 Å². The standard InChI is InChI=1S/C23H28N4O3/c1-15-13-16(2)27(14-17-7-6-12-30-17)23(29)21(15)22(28)24-11-5-10-20-25-18-8-3-4-9-19(18)26-20/h3-4,8-9,13,17H,5-7,10-12,14H2,1-2H3,(H,24,28)(H,25,26)/t17-/m0/s1. The van der Waals surface area contributed by atoms with Crippen molar-refractivity contribution in [2.75, 3.05) is 13.2 Å². The van der Waals surface area contributed by atoms with Gasteiger partial charge in [0.15, 0.2) is 0 Å². The van der Waals surface area contributed by atoms with E-state index in [0.29, 0.717) is 18.7 Å². The number of hydrogen-bond donors (Lipinski definition) is 2. The number of aryl methyl sites for hydroxylation is 3. The Morgan fingerprint density at radius 2 is 2.17 bits per heavy atom. The summed E-state index contributed by atoms with van der Waals surface area (Å²) in [6, 6.07) is 9.80. The quantitative estimate of drug-likeness (QED) is 0.589. The van der Waals surface area contributed by atoms with Gasteiger partial charge in [-0.2, -0.15) is 0 Å². The lowest BCUT2D eigenvalue weighted by Gasteiger charge is -2.17. The van der Waals surface area contributed by atoms with Crippen molar-refractivity contribution in [1.29, 1.82) is 0 Å². The second kappa shape index (κ2) is 8.83. The molecule has 1 aromatic carbocycles. The Balaban J connectivity index is 1.39. The number of carbonyl (C=O) groups excluding carboxylic acids is 1. The predicted molar refractivity (Wildman–Crippen MR) is 116 cm³/mol. The number of benzene rings is 1. The maximum absolute atomic E-state index is 13.0. The van der Waals surface area contributed by atoms with E-state index in [1.54, 1.807) is 4.57 Å². The van der Waals surface area contributed by atoms with Crippen molar-refractivity contribution in [3.8, 4) is 0 Å². The molecule has 4 rings (SSSR count). The van der Waals surface area contributed by atoms with E-state index < -0.39 is 0 Å². The monoisotopic (exact) mass is 408 g/mol. The summed E-state index contributed by atoms with van der Waals surface area (Å²) < 4.78 is 7.34. The van der Waals surface area contributed by atoms with Crippen LogP contribution in [0.4, 0.5) is 0 Å². The maximum Gasteiger partial charge on any atom is 0.263 e.